The second kappa shape index (κ2) is 7.82. The van der Waals surface area contributed by atoms with E-state index in [0.29, 0.717) is 11.3 Å². The van der Waals surface area contributed by atoms with Crippen LogP contribution >= 0.6 is 0 Å². The third kappa shape index (κ3) is 6.27. The Kier molecular flexibility index (Phi) is 7.20. The molecule has 0 saturated heterocycles. The summed E-state index contributed by atoms with van der Waals surface area (Å²) in [5, 5.41) is 19.9. The molecule has 0 saturated carbocycles. The zero-order chi connectivity index (χ0) is 15.1. The van der Waals surface area contributed by atoms with Gasteiger partial charge < -0.3 is 20.9 Å². The molecule has 0 fully saturated rings. The molecule has 0 radical (unpaired) electrons. The van der Waals surface area contributed by atoms with E-state index in [2.05, 4.69) is 5.16 Å². The monoisotopic (exact) mass is 285 g/mol. The number of hydrogen-bond donors (Lipinski definition) is 3. The zero-order valence-corrected chi connectivity index (χ0v) is 10.5. The van der Waals surface area contributed by atoms with Crippen molar-refractivity contribution in [1.29, 1.82) is 0 Å². The van der Waals surface area contributed by atoms with Crippen LogP contribution in [0.25, 0.3) is 0 Å². The van der Waals surface area contributed by atoms with E-state index in [1.165, 1.54) is 0 Å². The molecule has 1 atom stereocenters. The van der Waals surface area contributed by atoms with Gasteiger partial charge in [-0.15, -0.1) is 0 Å². The second-order valence-electron chi connectivity index (χ2n) is 3.96. The minimum Gasteiger partial charge on any atom is -0.409 e. The van der Waals surface area contributed by atoms with Crippen LogP contribution in [0.2, 0.25) is 0 Å². The van der Waals surface area contributed by atoms with Crippen LogP contribution in [-0.4, -0.2) is 52.8 Å². The van der Waals surface area contributed by atoms with E-state index in [1.807, 2.05) is 0 Å². The molecule has 19 heavy (non-hydrogen) atoms. The summed E-state index contributed by atoms with van der Waals surface area (Å²) in [6.07, 6.45) is -3.94. The number of aliphatic hydroxyl groups excluding tert-OH is 1. The number of rotatable bonds is 7. The number of aliphatic hydroxyl groups is 1. The summed E-state index contributed by atoms with van der Waals surface area (Å²) >= 11 is 0. The number of oxime groups is 1. The van der Waals surface area contributed by atoms with Crippen molar-refractivity contribution in [3.63, 3.8) is 0 Å². The maximum Gasteiger partial charge on any atom is 0.406 e. The van der Waals surface area contributed by atoms with Gasteiger partial charge >= 0.3 is 6.18 Å². The molecule has 1 unspecified atom stereocenters. The molecule has 0 bridgehead atoms. The van der Waals surface area contributed by atoms with Gasteiger partial charge in [0.2, 0.25) is 5.91 Å². The fourth-order valence-electron chi connectivity index (χ4n) is 1.58. The summed E-state index contributed by atoms with van der Waals surface area (Å²) in [6, 6.07) is 0. The average molecular weight is 285 g/mol. The molecular formula is C10H18F3N3O3. The Morgan fingerprint density at radius 3 is 2.42 bits per heavy atom. The lowest BCUT2D eigenvalue weighted by Crippen LogP contribution is -2.47. The van der Waals surface area contributed by atoms with Gasteiger partial charge in [-0.1, -0.05) is 18.5 Å². The van der Waals surface area contributed by atoms with E-state index >= 15 is 0 Å². The highest BCUT2D eigenvalue weighted by molar-refractivity contribution is 6.02. The van der Waals surface area contributed by atoms with E-state index in [1.54, 1.807) is 6.92 Å². The molecule has 6 nitrogen and oxygen atoms in total. The van der Waals surface area contributed by atoms with Crippen LogP contribution in [0.1, 0.15) is 19.8 Å². The normalized spacial score (nSPS) is 14.3. The Labute approximate surface area is 108 Å². The number of alkyl halides is 3. The first-order chi connectivity index (χ1) is 8.76. The highest BCUT2D eigenvalue weighted by Crippen LogP contribution is 2.19. The molecule has 0 aliphatic rings. The standard InChI is InChI=1S/C10H18F3N3O3/c1-2-3-7(8(14)15-19)9(18)16(4-5-17)6-10(11,12)13/h7,17,19H,2-6H2,1H3,(H2,14,15). The first-order valence-electron chi connectivity index (χ1n) is 5.70. The Hall–Kier alpha value is -1.51. The van der Waals surface area contributed by atoms with Crippen LogP contribution in [-0.2, 0) is 4.79 Å². The fraction of sp³-hybridized carbons (Fsp3) is 0.800. The van der Waals surface area contributed by atoms with Gasteiger partial charge in [-0.2, -0.15) is 13.2 Å². The van der Waals surface area contributed by atoms with Gasteiger partial charge in [0, 0.05) is 6.54 Å². The smallest absolute Gasteiger partial charge is 0.406 e. The van der Waals surface area contributed by atoms with Crippen LogP contribution in [0.5, 0.6) is 0 Å². The summed E-state index contributed by atoms with van der Waals surface area (Å²) in [5.41, 5.74) is 5.31. The highest BCUT2D eigenvalue weighted by atomic mass is 19.4. The molecule has 0 aromatic carbocycles. The van der Waals surface area contributed by atoms with Gasteiger partial charge in [0.1, 0.15) is 6.54 Å². The molecule has 4 N–H and O–H groups in total. The van der Waals surface area contributed by atoms with Gasteiger partial charge in [-0.25, -0.2) is 0 Å². The number of halogens is 3. The fourth-order valence-corrected chi connectivity index (χ4v) is 1.58. The number of amides is 1. The summed E-state index contributed by atoms with van der Waals surface area (Å²) in [4.78, 5) is 12.4. The Bertz CT molecular complexity index is 321. The molecule has 0 heterocycles. The lowest BCUT2D eigenvalue weighted by Gasteiger charge is -2.27. The number of hydrogen-bond acceptors (Lipinski definition) is 4. The average Bonchev–Trinajstić information content (AvgIpc) is 2.32. The van der Waals surface area contributed by atoms with Crippen LogP contribution in [0.3, 0.4) is 0 Å². The predicted octanol–water partition coefficient (Wildman–Crippen LogP) is 0.532. The summed E-state index contributed by atoms with van der Waals surface area (Å²) in [6.45, 7) is -0.829. The molecule has 1 amide bonds. The van der Waals surface area contributed by atoms with Gasteiger partial charge in [0.25, 0.3) is 0 Å². The number of carbonyl (C=O) groups is 1. The summed E-state index contributed by atoms with van der Waals surface area (Å²) < 4.78 is 37.0. The number of nitrogens with two attached hydrogens (primary N) is 1. The third-order valence-corrected chi connectivity index (χ3v) is 2.40. The molecule has 0 rings (SSSR count). The minimum absolute atomic E-state index is 0.161. The Morgan fingerprint density at radius 1 is 1.47 bits per heavy atom. The van der Waals surface area contributed by atoms with Crippen molar-refractivity contribution < 1.29 is 28.3 Å². The highest BCUT2D eigenvalue weighted by Gasteiger charge is 2.36. The van der Waals surface area contributed by atoms with Crippen molar-refractivity contribution >= 4 is 11.7 Å². The number of amidine groups is 1. The molecule has 0 aromatic rings. The van der Waals surface area contributed by atoms with Gasteiger partial charge in [0.05, 0.1) is 12.5 Å². The van der Waals surface area contributed by atoms with E-state index in [-0.39, 0.29) is 6.42 Å². The van der Waals surface area contributed by atoms with Gasteiger partial charge in [-0.05, 0) is 6.42 Å². The lowest BCUT2D eigenvalue weighted by atomic mass is 10.0. The molecule has 0 aromatic heterocycles. The third-order valence-electron chi connectivity index (χ3n) is 2.40. The topological polar surface area (TPSA) is 99.2 Å². The van der Waals surface area contributed by atoms with E-state index in [0.717, 1.165) is 0 Å². The van der Waals surface area contributed by atoms with E-state index in [4.69, 9.17) is 16.0 Å². The Balaban J connectivity index is 5.02. The minimum atomic E-state index is -4.58. The zero-order valence-electron chi connectivity index (χ0n) is 10.5. The van der Waals surface area contributed by atoms with Gasteiger partial charge in [0.15, 0.2) is 5.84 Å². The Morgan fingerprint density at radius 2 is 2.05 bits per heavy atom. The van der Waals surface area contributed by atoms with Crippen LogP contribution in [0, 0.1) is 5.92 Å². The summed E-state index contributed by atoms with van der Waals surface area (Å²) in [5.74, 6) is -2.47. The molecule has 112 valence electrons. The van der Waals surface area contributed by atoms with Crippen molar-refractivity contribution in [3.8, 4) is 0 Å². The van der Waals surface area contributed by atoms with Crippen molar-refractivity contribution in [2.75, 3.05) is 19.7 Å². The maximum absolute atomic E-state index is 12.3. The molecular weight excluding hydrogens is 267 g/mol. The maximum atomic E-state index is 12.3. The number of carbonyl (C=O) groups excluding carboxylic acids is 1. The quantitative estimate of drug-likeness (QED) is 0.275. The molecule has 0 aliphatic heterocycles. The van der Waals surface area contributed by atoms with Crippen molar-refractivity contribution in [2.24, 2.45) is 16.8 Å². The largest absolute Gasteiger partial charge is 0.409 e. The second-order valence-corrected chi connectivity index (χ2v) is 3.96. The first-order valence-corrected chi connectivity index (χ1v) is 5.70. The van der Waals surface area contributed by atoms with Crippen LogP contribution in [0.15, 0.2) is 5.16 Å². The van der Waals surface area contributed by atoms with Crippen LogP contribution in [0.4, 0.5) is 13.2 Å². The van der Waals surface area contributed by atoms with E-state index < -0.39 is 43.5 Å². The van der Waals surface area contributed by atoms with Gasteiger partial charge in [-0.3, -0.25) is 4.79 Å². The van der Waals surface area contributed by atoms with Crippen LogP contribution < -0.4 is 5.73 Å². The first kappa shape index (κ1) is 17.5. The molecule has 9 heteroatoms. The molecule has 0 spiro atoms. The van der Waals surface area contributed by atoms with Crippen molar-refractivity contribution in [1.82, 2.24) is 4.90 Å². The van der Waals surface area contributed by atoms with Crippen molar-refractivity contribution in [2.45, 2.75) is 25.9 Å². The molecule has 0 aliphatic carbocycles. The number of nitrogens with zero attached hydrogens (tertiary/aromatic N) is 2. The lowest BCUT2D eigenvalue weighted by molar-refractivity contribution is -0.163. The van der Waals surface area contributed by atoms with Crippen molar-refractivity contribution in [3.05, 3.63) is 0 Å². The summed E-state index contributed by atoms with van der Waals surface area (Å²) in [7, 11) is 0. The SMILES string of the molecule is CCCC(C(=O)N(CCO)CC(F)(F)F)C(N)=NO. The van der Waals surface area contributed by atoms with E-state index in [9.17, 15) is 18.0 Å². The predicted molar refractivity (Wildman–Crippen MR) is 61.5 cm³/mol.